The van der Waals surface area contributed by atoms with E-state index in [-0.39, 0.29) is 5.78 Å². The van der Waals surface area contributed by atoms with Crippen molar-refractivity contribution in [3.63, 3.8) is 0 Å². The van der Waals surface area contributed by atoms with Gasteiger partial charge in [0.05, 0.1) is 13.2 Å². The van der Waals surface area contributed by atoms with E-state index in [4.69, 9.17) is 14.5 Å². The highest BCUT2D eigenvalue weighted by Crippen LogP contribution is 2.29. The molecule has 0 atom stereocenters. The fourth-order valence-electron chi connectivity index (χ4n) is 4.49. The molecule has 5 rings (SSSR count). The zero-order valence-electron chi connectivity index (χ0n) is 21.8. The number of carbonyl (C=O) groups excluding carboxylic acids is 1. The molecule has 1 aliphatic rings. The molecule has 3 aromatic heterocycles. The summed E-state index contributed by atoms with van der Waals surface area (Å²) in [5.41, 5.74) is 5.13. The number of morpholine rings is 1. The molecule has 1 aliphatic heterocycles. The molecule has 0 saturated carbocycles. The SMILES string of the molecule is C[Si](C)(C)CCOCn1cc(C(=O)c2cccnc2)c2cc(-c3ccc(N4CCOCC4)cc3)cnc21. The summed E-state index contributed by atoms with van der Waals surface area (Å²) in [5, 5.41) is 0.817. The van der Waals surface area contributed by atoms with Crippen LogP contribution in [0.4, 0.5) is 5.69 Å². The monoisotopic (exact) mass is 514 g/mol. The van der Waals surface area contributed by atoms with Crippen molar-refractivity contribution in [3.05, 3.63) is 78.4 Å². The average molecular weight is 515 g/mol. The number of benzene rings is 1. The van der Waals surface area contributed by atoms with Crippen molar-refractivity contribution in [2.24, 2.45) is 0 Å². The Morgan fingerprint density at radius 1 is 1.05 bits per heavy atom. The molecule has 4 heterocycles. The van der Waals surface area contributed by atoms with E-state index in [0.29, 0.717) is 24.5 Å². The molecule has 192 valence electrons. The first-order valence-electron chi connectivity index (χ1n) is 12.8. The first-order chi connectivity index (χ1) is 17.9. The number of hydrogen-bond donors (Lipinski definition) is 0. The lowest BCUT2D eigenvalue weighted by Gasteiger charge is -2.28. The molecule has 0 unspecified atom stereocenters. The van der Waals surface area contributed by atoms with Gasteiger partial charge in [0.2, 0.25) is 0 Å². The maximum atomic E-state index is 13.5. The van der Waals surface area contributed by atoms with Crippen molar-refractivity contribution in [1.29, 1.82) is 0 Å². The summed E-state index contributed by atoms with van der Waals surface area (Å²) in [6.07, 6.45) is 7.03. The number of hydrogen-bond acceptors (Lipinski definition) is 6. The first-order valence-corrected chi connectivity index (χ1v) is 16.5. The summed E-state index contributed by atoms with van der Waals surface area (Å²) in [4.78, 5) is 24.7. The van der Waals surface area contributed by atoms with Crippen molar-refractivity contribution < 1.29 is 14.3 Å². The van der Waals surface area contributed by atoms with E-state index in [1.165, 1.54) is 5.69 Å². The van der Waals surface area contributed by atoms with Crippen LogP contribution < -0.4 is 4.90 Å². The number of rotatable bonds is 9. The number of carbonyl (C=O) groups is 1. The molecule has 0 N–H and O–H groups in total. The number of ketones is 1. The minimum atomic E-state index is -1.19. The number of pyridine rings is 2. The van der Waals surface area contributed by atoms with E-state index in [1.807, 2.05) is 17.0 Å². The summed E-state index contributed by atoms with van der Waals surface area (Å²) >= 11 is 0. The fraction of sp³-hybridized carbons (Fsp3) is 0.345. The smallest absolute Gasteiger partial charge is 0.196 e. The lowest BCUT2D eigenvalue weighted by molar-refractivity contribution is 0.0896. The van der Waals surface area contributed by atoms with Gasteiger partial charge in [0, 0.05) is 80.3 Å². The van der Waals surface area contributed by atoms with Gasteiger partial charge in [-0.2, -0.15) is 0 Å². The molecule has 1 saturated heterocycles. The van der Waals surface area contributed by atoms with Gasteiger partial charge in [-0.3, -0.25) is 9.78 Å². The van der Waals surface area contributed by atoms with E-state index < -0.39 is 8.07 Å². The Hall–Kier alpha value is -3.33. The van der Waals surface area contributed by atoms with E-state index in [0.717, 1.165) is 54.5 Å². The molecule has 0 bridgehead atoms. The molecule has 1 aromatic carbocycles. The van der Waals surface area contributed by atoms with Gasteiger partial charge in [-0.25, -0.2) is 4.98 Å². The Kier molecular flexibility index (Phi) is 7.50. The standard InChI is InChI=1S/C29H34N4O3Si/c1-37(2,3)16-15-36-21-33-20-27(28(34)23-5-4-10-30-18-23)26-17-24(19-31-29(26)33)22-6-8-25(9-7-22)32-11-13-35-14-12-32/h4-10,17-20H,11-16,21H2,1-3H3. The van der Waals surface area contributed by atoms with Crippen molar-refractivity contribution in [2.45, 2.75) is 32.4 Å². The van der Waals surface area contributed by atoms with Gasteiger partial charge < -0.3 is 18.9 Å². The van der Waals surface area contributed by atoms with Gasteiger partial charge in [0.1, 0.15) is 12.4 Å². The largest absolute Gasteiger partial charge is 0.378 e. The zero-order valence-corrected chi connectivity index (χ0v) is 22.8. The number of anilines is 1. The highest BCUT2D eigenvalue weighted by atomic mass is 28.3. The van der Waals surface area contributed by atoms with Gasteiger partial charge in [0.15, 0.2) is 5.78 Å². The predicted octanol–water partition coefficient (Wildman–Crippen LogP) is 5.48. The second kappa shape index (κ2) is 11.0. The van der Waals surface area contributed by atoms with Crippen LogP contribution in [0.15, 0.2) is 67.3 Å². The third kappa shape index (κ3) is 5.98. The van der Waals surface area contributed by atoms with Crippen molar-refractivity contribution in [2.75, 3.05) is 37.8 Å². The summed E-state index contributed by atoms with van der Waals surface area (Å²) in [5.74, 6) is -0.0689. The molecular weight excluding hydrogens is 480 g/mol. The van der Waals surface area contributed by atoms with Gasteiger partial charge >= 0.3 is 0 Å². The molecule has 0 aliphatic carbocycles. The van der Waals surface area contributed by atoms with Crippen molar-refractivity contribution in [3.8, 4) is 11.1 Å². The Labute approximate surface area is 219 Å². The number of aromatic nitrogens is 3. The Morgan fingerprint density at radius 3 is 2.54 bits per heavy atom. The Balaban J connectivity index is 1.46. The maximum absolute atomic E-state index is 13.5. The maximum Gasteiger partial charge on any atom is 0.196 e. The second-order valence-corrected chi connectivity index (χ2v) is 16.3. The van der Waals surface area contributed by atoms with Crippen LogP contribution in [0.2, 0.25) is 25.7 Å². The summed E-state index contributed by atoms with van der Waals surface area (Å²) in [6.45, 7) is 11.4. The second-order valence-electron chi connectivity index (χ2n) is 10.7. The highest BCUT2D eigenvalue weighted by molar-refractivity contribution is 6.76. The van der Waals surface area contributed by atoms with Crippen LogP contribution >= 0.6 is 0 Å². The Bertz CT molecular complexity index is 1360. The van der Waals surface area contributed by atoms with Crippen molar-refractivity contribution in [1.82, 2.24) is 14.5 Å². The van der Waals surface area contributed by atoms with Crippen LogP contribution in [0.25, 0.3) is 22.2 Å². The Morgan fingerprint density at radius 2 is 1.84 bits per heavy atom. The summed E-state index contributed by atoms with van der Waals surface area (Å²) in [7, 11) is -1.19. The molecule has 37 heavy (non-hydrogen) atoms. The lowest BCUT2D eigenvalue weighted by Crippen LogP contribution is -2.36. The van der Waals surface area contributed by atoms with Gasteiger partial charge in [-0.05, 0) is 41.9 Å². The molecular formula is C29H34N4O3Si. The molecule has 4 aromatic rings. The van der Waals surface area contributed by atoms with Crippen LogP contribution in [0.3, 0.4) is 0 Å². The fourth-order valence-corrected chi connectivity index (χ4v) is 5.25. The molecule has 1 fully saturated rings. The minimum absolute atomic E-state index is 0.0689. The first kappa shape index (κ1) is 25.3. The van der Waals surface area contributed by atoms with Crippen LogP contribution in [0.1, 0.15) is 15.9 Å². The van der Waals surface area contributed by atoms with Crippen molar-refractivity contribution >= 4 is 30.6 Å². The van der Waals surface area contributed by atoms with E-state index in [1.54, 1.807) is 24.5 Å². The summed E-state index contributed by atoms with van der Waals surface area (Å²) in [6, 6.07) is 15.3. The third-order valence-electron chi connectivity index (χ3n) is 6.69. The van der Waals surface area contributed by atoms with Gasteiger partial charge in [0.25, 0.3) is 0 Å². The number of fused-ring (bicyclic) bond motifs is 1. The van der Waals surface area contributed by atoms with Crippen LogP contribution in [-0.2, 0) is 16.2 Å². The molecule has 0 spiro atoms. The summed E-state index contributed by atoms with van der Waals surface area (Å²) < 4.78 is 13.4. The van der Waals surface area contributed by atoms with Gasteiger partial charge in [-0.1, -0.05) is 31.8 Å². The molecule has 0 amide bonds. The molecule has 8 heteroatoms. The lowest BCUT2D eigenvalue weighted by atomic mass is 10.0. The topological polar surface area (TPSA) is 69.5 Å². The normalized spacial score (nSPS) is 14.3. The highest BCUT2D eigenvalue weighted by Gasteiger charge is 2.20. The van der Waals surface area contributed by atoms with E-state index >= 15 is 0 Å². The average Bonchev–Trinajstić information content (AvgIpc) is 3.29. The number of ether oxygens (including phenoxy) is 2. The predicted molar refractivity (Wildman–Crippen MR) is 150 cm³/mol. The van der Waals surface area contributed by atoms with Gasteiger partial charge in [-0.15, -0.1) is 0 Å². The van der Waals surface area contributed by atoms with E-state index in [2.05, 4.69) is 59.9 Å². The van der Waals surface area contributed by atoms with E-state index in [9.17, 15) is 4.79 Å². The third-order valence-corrected chi connectivity index (χ3v) is 8.39. The zero-order chi connectivity index (χ0) is 25.8. The van der Waals surface area contributed by atoms with Crippen LogP contribution in [0.5, 0.6) is 0 Å². The minimum Gasteiger partial charge on any atom is -0.378 e. The quantitative estimate of drug-likeness (QED) is 0.167. The molecule has 7 nitrogen and oxygen atoms in total. The van der Waals surface area contributed by atoms with Crippen LogP contribution in [0, 0.1) is 0 Å². The molecule has 0 radical (unpaired) electrons. The number of nitrogens with zero attached hydrogens (tertiary/aromatic N) is 4. The van der Waals surface area contributed by atoms with Crippen LogP contribution in [-0.4, -0.2) is 61.3 Å².